The highest BCUT2D eigenvalue weighted by Crippen LogP contribution is 2.19. The van der Waals surface area contributed by atoms with Crippen LogP contribution in [0.4, 0.5) is 0 Å². The summed E-state index contributed by atoms with van der Waals surface area (Å²) in [5.41, 5.74) is -0.244. The molecule has 0 bridgehead atoms. The van der Waals surface area contributed by atoms with Gasteiger partial charge in [-0.05, 0) is 13.8 Å². The monoisotopic (exact) mass is 228 g/mol. The average molecular weight is 228 g/mol. The molecule has 0 aliphatic carbocycles. The normalized spacial score (nSPS) is 19.3. The predicted molar refractivity (Wildman–Crippen MR) is 59.9 cm³/mol. The summed E-state index contributed by atoms with van der Waals surface area (Å²) in [5.74, 6) is -0.0314. The van der Waals surface area contributed by atoms with Crippen LogP contribution >= 0.6 is 0 Å². The van der Waals surface area contributed by atoms with Crippen LogP contribution in [0.5, 0.6) is 0 Å². The van der Waals surface area contributed by atoms with Crippen molar-refractivity contribution in [3.05, 3.63) is 0 Å². The molecule has 0 radical (unpaired) electrons. The number of morpholine rings is 1. The number of nitrogens with one attached hydrogen (secondary N) is 1. The Morgan fingerprint density at radius 1 is 1.44 bits per heavy atom. The number of carbonyl (C=O) groups excluding carboxylic acids is 2. The Morgan fingerprint density at radius 2 is 2.12 bits per heavy atom. The highest BCUT2D eigenvalue weighted by molar-refractivity contribution is 5.78. The lowest BCUT2D eigenvalue weighted by molar-refractivity contribution is -0.146. The number of carbonyl (C=O) groups is 2. The first kappa shape index (κ1) is 13.0. The van der Waals surface area contributed by atoms with Gasteiger partial charge < -0.3 is 15.0 Å². The van der Waals surface area contributed by atoms with Crippen molar-refractivity contribution in [2.45, 2.75) is 32.7 Å². The Hall–Kier alpha value is -1.10. The van der Waals surface area contributed by atoms with Gasteiger partial charge >= 0.3 is 0 Å². The van der Waals surface area contributed by atoms with Gasteiger partial charge in [0.05, 0.1) is 18.8 Å². The fourth-order valence-electron chi connectivity index (χ4n) is 1.80. The zero-order chi connectivity index (χ0) is 12.2. The van der Waals surface area contributed by atoms with Crippen LogP contribution in [-0.2, 0) is 14.3 Å². The minimum atomic E-state index is -0.244. The summed E-state index contributed by atoms with van der Waals surface area (Å²) in [7, 11) is 0. The van der Waals surface area contributed by atoms with Gasteiger partial charge in [-0.3, -0.25) is 9.59 Å². The third-order valence-corrected chi connectivity index (χ3v) is 2.66. The third-order valence-electron chi connectivity index (χ3n) is 2.66. The molecular formula is C11H20N2O3. The van der Waals surface area contributed by atoms with E-state index in [1.165, 1.54) is 6.92 Å². The van der Waals surface area contributed by atoms with E-state index in [0.717, 1.165) is 0 Å². The number of nitrogens with zero attached hydrogens (tertiary/aromatic N) is 1. The molecule has 1 heterocycles. The van der Waals surface area contributed by atoms with Gasteiger partial charge in [0, 0.05) is 26.4 Å². The van der Waals surface area contributed by atoms with Gasteiger partial charge in [-0.1, -0.05) is 0 Å². The lowest BCUT2D eigenvalue weighted by Gasteiger charge is -2.42. The maximum atomic E-state index is 11.9. The average Bonchev–Trinajstić information content (AvgIpc) is 2.16. The molecule has 0 spiro atoms. The van der Waals surface area contributed by atoms with Crippen molar-refractivity contribution < 1.29 is 14.3 Å². The van der Waals surface area contributed by atoms with E-state index in [9.17, 15) is 9.59 Å². The third kappa shape index (κ3) is 3.48. The van der Waals surface area contributed by atoms with Crippen LogP contribution in [0.2, 0.25) is 0 Å². The second kappa shape index (κ2) is 5.30. The molecule has 0 atom stereocenters. The zero-order valence-corrected chi connectivity index (χ0v) is 10.2. The van der Waals surface area contributed by atoms with Crippen molar-refractivity contribution in [2.24, 2.45) is 0 Å². The van der Waals surface area contributed by atoms with E-state index in [1.807, 2.05) is 18.7 Å². The van der Waals surface area contributed by atoms with E-state index in [2.05, 4.69) is 5.32 Å². The van der Waals surface area contributed by atoms with Crippen LogP contribution in [0.3, 0.4) is 0 Å². The number of hydrogen-bond donors (Lipinski definition) is 1. The smallest absolute Gasteiger partial charge is 0.224 e. The lowest BCUT2D eigenvalue weighted by Crippen LogP contribution is -2.55. The molecule has 1 aliphatic heterocycles. The molecule has 0 saturated carbocycles. The fourth-order valence-corrected chi connectivity index (χ4v) is 1.80. The Balaban J connectivity index is 2.42. The highest BCUT2D eigenvalue weighted by atomic mass is 16.5. The van der Waals surface area contributed by atoms with Gasteiger partial charge in [-0.2, -0.15) is 0 Å². The molecule has 5 heteroatoms. The molecule has 0 aromatic carbocycles. The van der Waals surface area contributed by atoms with Gasteiger partial charge in [0.25, 0.3) is 0 Å². The van der Waals surface area contributed by atoms with Crippen molar-refractivity contribution in [2.75, 3.05) is 26.3 Å². The number of hydrogen-bond acceptors (Lipinski definition) is 3. The van der Waals surface area contributed by atoms with Crippen LogP contribution in [0.1, 0.15) is 27.2 Å². The molecule has 2 amide bonds. The van der Waals surface area contributed by atoms with Crippen molar-refractivity contribution in [3.8, 4) is 0 Å². The van der Waals surface area contributed by atoms with Crippen molar-refractivity contribution >= 4 is 11.8 Å². The van der Waals surface area contributed by atoms with E-state index in [4.69, 9.17) is 4.74 Å². The largest absolute Gasteiger partial charge is 0.377 e. The molecule has 0 unspecified atom stereocenters. The Kier molecular flexibility index (Phi) is 4.29. The summed E-state index contributed by atoms with van der Waals surface area (Å²) < 4.78 is 5.34. The number of ether oxygens (including phenoxy) is 1. The van der Waals surface area contributed by atoms with Crippen LogP contribution in [-0.4, -0.2) is 48.6 Å². The van der Waals surface area contributed by atoms with Crippen LogP contribution in [0, 0.1) is 0 Å². The summed E-state index contributed by atoms with van der Waals surface area (Å²) in [6, 6.07) is 0. The molecule has 1 fully saturated rings. The summed E-state index contributed by atoms with van der Waals surface area (Å²) in [5, 5.41) is 2.63. The topological polar surface area (TPSA) is 58.6 Å². The van der Waals surface area contributed by atoms with Crippen LogP contribution in [0.15, 0.2) is 0 Å². The van der Waals surface area contributed by atoms with E-state index in [-0.39, 0.29) is 17.4 Å². The Morgan fingerprint density at radius 3 is 2.69 bits per heavy atom. The van der Waals surface area contributed by atoms with Crippen molar-refractivity contribution in [1.82, 2.24) is 10.2 Å². The second-order valence-electron chi connectivity index (χ2n) is 4.64. The quantitative estimate of drug-likeness (QED) is 0.748. The first-order valence-corrected chi connectivity index (χ1v) is 5.56. The van der Waals surface area contributed by atoms with E-state index >= 15 is 0 Å². The molecular weight excluding hydrogens is 208 g/mol. The van der Waals surface area contributed by atoms with Crippen molar-refractivity contribution in [1.29, 1.82) is 0 Å². The molecule has 1 rings (SSSR count). The summed E-state index contributed by atoms with van der Waals surface area (Å²) in [6.07, 6.45) is 0.350. The molecule has 1 N–H and O–H groups in total. The maximum Gasteiger partial charge on any atom is 0.224 e. The van der Waals surface area contributed by atoms with E-state index in [0.29, 0.717) is 32.7 Å². The second-order valence-corrected chi connectivity index (χ2v) is 4.64. The molecule has 5 nitrogen and oxygen atoms in total. The lowest BCUT2D eigenvalue weighted by atomic mass is 10.0. The summed E-state index contributed by atoms with van der Waals surface area (Å²) in [6.45, 7) is 7.62. The molecule has 0 aromatic rings. The molecule has 1 aliphatic rings. The SMILES string of the molecule is CC(=O)NCCC(=O)N1CCOCC1(C)C. The zero-order valence-electron chi connectivity index (χ0n) is 10.2. The first-order chi connectivity index (χ1) is 7.43. The van der Waals surface area contributed by atoms with Gasteiger partial charge in [-0.15, -0.1) is 0 Å². The predicted octanol–water partition coefficient (Wildman–Crippen LogP) is 0.150. The summed E-state index contributed by atoms with van der Waals surface area (Å²) >= 11 is 0. The maximum absolute atomic E-state index is 11.9. The Labute approximate surface area is 96.1 Å². The van der Waals surface area contributed by atoms with E-state index in [1.54, 1.807) is 0 Å². The molecule has 0 aromatic heterocycles. The number of rotatable bonds is 3. The minimum absolute atomic E-state index is 0.0713. The molecule has 1 saturated heterocycles. The highest BCUT2D eigenvalue weighted by Gasteiger charge is 2.33. The van der Waals surface area contributed by atoms with Gasteiger partial charge in [-0.25, -0.2) is 0 Å². The summed E-state index contributed by atoms with van der Waals surface area (Å²) in [4.78, 5) is 24.4. The standard InChI is InChI=1S/C11H20N2O3/c1-9(14)12-5-4-10(15)13-6-7-16-8-11(13,2)3/h4-8H2,1-3H3,(H,12,14). The van der Waals surface area contributed by atoms with E-state index < -0.39 is 0 Å². The van der Waals surface area contributed by atoms with Gasteiger partial charge in [0.15, 0.2) is 0 Å². The molecule has 16 heavy (non-hydrogen) atoms. The first-order valence-electron chi connectivity index (χ1n) is 5.56. The van der Waals surface area contributed by atoms with Gasteiger partial charge in [0.2, 0.25) is 11.8 Å². The number of amides is 2. The minimum Gasteiger partial charge on any atom is -0.377 e. The van der Waals surface area contributed by atoms with Crippen molar-refractivity contribution in [3.63, 3.8) is 0 Å². The molecule has 92 valence electrons. The Bertz CT molecular complexity index is 276. The van der Waals surface area contributed by atoms with Crippen LogP contribution < -0.4 is 5.32 Å². The van der Waals surface area contributed by atoms with Gasteiger partial charge in [0.1, 0.15) is 0 Å². The van der Waals surface area contributed by atoms with Crippen LogP contribution in [0.25, 0.3) is 0 Å². The fraction of sp³-hybridized carbons (Fsp3) is 0.818.